The minimum Gasteiger partial charge on any atom is -0.484 e. The number of piperazine rings is 1. The van der Waals surface area contributed by atoms with Crippen LogP contribution in [0.25, 0.3) is 6.08 Å². The highest BCUT2D eigenvalue weighted by Gasteiger charge is 2.21. The molecule has 1 saturated heterocycles. The molecule has 0 aromatic heterocycles. The molecule has 4 rings (SSSR count). The summed E-state index contributed by atoms with van der Waals surface area (Å²) < 4.78 is 33.5. The van der Waals surface area contributed by atoms with E-state index in [9.17, 15) is 13.2 Å². The number of amides is 1. The molecule has 9 heteroatoms. The van der Waals surface area contributed by atoms with E-state index in [-0.39, 0.29) is 17.4 Å². The monoisotopic (exact) mass is 539 g/mol. The Kier molecular flexibility index (Phi) is 8.87. The summed E-state index contributed by atoms with van der Waals surface area (Å²) in [4.78, 5) is 16.8. The van der Waals surface area contributed by atoms with Crippen LogP contribution in [0.5, 0.6) is 5.75 Å². The van der Waals surface area contributed by atoms with Gasteiger partial charge in [-0.2, -0.15) is 0 Å². The quantitative estimate of drug-likeness (QED) is 0.427. The minimum atomic E-state index is -3.78. The van der Waals surface area contributed by atoms with Crippen molar-refractivity contribution in [1.29, 1.82) is 0 Å². The van der Waals surface area contributed by atoms with Crippen LogP contribution in [-0.4, -0.2) is 63.5 Å². The molecular weight excluding hydrogens is 510 g/mol. The predicted octanol–water partition coefficient (Wildman–Crippen LogP) is 4.69. The van der Waals surface area contributed by atoms with Gasteiger partial charge in [0, 0.05) is 37.7 Å². The van der Waals surface area contributed by atoms with E-state index in [1.807, 2.05) is 25.1 Å². The number of carbonyl (C=O) groups is 1. The topological polar surface area (TPSA) is 78.9 Å². The van der Waals surface area contributed by atoms with Gasteiger partial charge in [-0.1, -0.05) is 60.2 Å². The van der Waals surface area contributed by atoms with Crippen molar-refractivity contribution in [3.05, 3.63) is 95.0 Å². The second-order valence-electron chi connectivity index (χ2n) is 8.82. The van der Waals surface area contributed by atoms with Gasteiger partial charge in [-0.3, -0.25) is 14.4 Å². The van der Waals surface area contributed by atoms with Crippen LogP contribution < -0.4 is 9.46 Å². The van der Waals surface area contributed by atoms with Crippen molar-refractivity contribution in [3.8, 4) is 5.75 Å². The second-order valence-corrected chi connectivity index (χ2v) is 10.9. The number of benzene rings is 3. The molecule has 0 saturated carbocycles. The first-order valence-electron chi connectivity index (χ1n) is 12.0. The molecule has 0 unspecified atom stereocenters. The van der Waals surface area contributed by atoms with E-state index in [1.165, 1.54) is 17.7 Å². The molecule has 0 aliphatic carbocycles. The van der Waals surface area contributed by atoms with Crippen molar-refractivity contribution in [2.75, 3.05) is 44.1 Å². The first-order chi connectivity index (χ1) is 17.8. The molecule has 0 radical (unpaired) electrons. The van der Waals surface area contributed by atoms with E-state index in [0.29, 0.717) is 29.5 Å². The van der Waals surface area contributed by atoms with Crippen LogP contribution in [0.2, 0.25) is 5.02 Å². The number of aryl methyl sites for hydroxylation is 1. The average Bonchev–Trinajstić information content (AvgIpc) is 2.90. The van der Waals surface area contributed by atoms with Crippen LogP contribution in [0, 0.1) is 6.92 Å². The molecule has 194 valence electrons. The third-order valence-electron chi connectivity index (χ3n) is 6.12. The van der Waals surface area contributed by atoms with E-state index in [4.69, 9.17) is 16.3 Å². The van der Waals surface area contributed by atoms with Crippen molar-refractivity contribution in [2.24, 2.45) is 0 Å². The summed E-state index contributed by atoms with van der Waals surface area (Å²) in [6.07, 6.45) is 4.25. The lowest BCUT2D eigenvalue weighted by molar-refractivity contribution is -0.135. The van der Waals surface area contributed by atoms with Crippen molar-refractivity contribution in [1.82, 2.24) is 9.80 Å². The molecule has 0 bridgehead atoms. The molecule has 37 heavy (non-hydrogen) atoms. The first-order valence-corrected chi connectivity index (χ1v) is 13.9. The SMILES string of the molecule is Cc1ccc(NS(=O)(=O)c2ccc(OCC(=O)N3CCN(C/C=C/c4ccccc4)CC3)cc2)cc1Cl. The summed E-state index contributed by atoms with van der Waals surface area (Å²) in [6.45, 7) is 5.48. The Balaban J connectivity index is 1.22. The molecule has 0 atom stereocenters. The number of ether oxygens (including phenoxy) is 1. The fourth-order valence-corrected chi connectivity index (χ4v) is 5.13. The number of rotatable bonds is 9. The molecule has 1 N–H and O–H groups in total. The highest BCUT2D eigenvalue weighted by Crippen LogP contribution is 2.23. The van der Waals surface area contributed by atoms with Crippen molar-refractivity contribution < 1.29 is 17.9 Å². The molecular formula is C28H30ClN3O4S. The fourth-order valence-electron chi connectivity index (χ4n) is 3.90. The Morgan fingerprint density at radius 3 is 2.38 bits per heavy atom. The van der Waals surface area contributed by atoms with Crippen LogP contribution in [-0.2, 0) is 14.8 Å². The summed E-state index contributed by atoms with van der Waals surface area (Å²) >= 11 is 6.09. The Labute approximate surface area is 223 Å². The highest BCUT2D eigenvalue weighted by molar-refractivity contribution is 7.92. The van der Waals surface area contributed by atoms with Crippen LogP contribution in [0.4, 0.5) is 5.69 Å². The predicted molar refractivity (Wildman–Crippen MR) is 147 cm³/mol. The average molecular weight is 540 g/mol. The first kappa shape index (κ1) is 26.7. The second kappa shape index (κ2) is 12.3. The Morgan fingerprint density at radius 2 is 1.70 bits per heavy atom. The van der Waals surface area contributed by atoms with Crippen molar-refractivity contribution in [2.45, 2.75) is 11.8 Å². The van der Waals surface area contributed by atoms with Crippen LogP contribution in [0.15, 0.2) is 83.8 Å². The molecule has 1 aliphatic heterocycles. The minimum absolute atomic E-state index is 0.0836. The largest absolute Gasteiger partial charge is 0.484 e. The Bertz CT molecular complexity index is 1340. The maximum atomic E-state index is 12.7. The van der Waals surface area contributed by atoms with Crippen molar-refractivity contribution in [3.63, 3.8) is 0 Å². The normalized spacial score (nSPS) is 14.6. The molecule has 0 spiro atoms. The zero-order chi connectivity index (χ0) is 26.3. The lowest BCUT2D eigenvalue weighted by Gasteiger charge is -2.34. The Morgan fingerprint density at radius 1 is 1.00 bits per heavy atom. The van der Waals surface area contributed by atoms with Gasteiger partial charge < -0.3 is 9.64 Å². The van der Waals surface area contributed by atoms with E-state index >= 15 is 0 Å². The number of sulfonamides is 1. The van der Waals surface area contributed by atoms with Gasteiger partial charge in [-0.15, -0.1) is 0 Å². The van der Waals surface area contributed by atoms with Gasteiger partial charge in [-0.25, -0.2) is 8.42 Å². The number of nitrogens with zero attached hydrogens (tertiary/aromatic N) is 2. The van der Waals surface area contributed by atoms with Gasteiger partial charge in [0.05, 0.1) is 10.6 Å². The molecule has 3 aromatic rings. The van der Waals surface area contributed by atoms with Gasteiger partial charge in [-0.05, 0) is 54.4 Å². The molecule has 7 nitrogen and oxygen atoms in total. The van der Waals surface area contributed by atoms with E-state index < -0.39 is 10.0 Å². The molecule has 1 amide bonds. The fraction of sp³-hybridized carbons (Fsp3) is 0.250. The smallest absolute Gasteiger partial charge is 0.261 e. The number of hydrogen-bond acceptors (Lipinski definition) is 5. The summed E-state index contributed by atoms with van der Waals surface area (Å²) in [7, 11) is -3.78. The number of halogens is 1. The third-order valence-corrected chi connectivity index (χ3v) is 7.92. The van der Waals surface area contributed by atoms with Crippen LogP contribution in [0.1, 0.15) is 11.1 Å². The van der Waals surface area contributed by atoms with Crippen LogP contribution >= 0.6 is 11.6 Å². The summed E-state index contributed by atoms with van der Waals surface area (Å²) in [5.74, 6) is 0.337. The van der Waals surface area contributed by atoms with E-state index in [1.54, 1.807) is 35.2 Å². The zero-order valence-electron chi connectivity index (χ0n) is 20.6. The third kappa shape index (κ3) is 7.58. The number of nitrogens with one attached hydrogen (secondary N) is 1. The standard InChI is InChI=1S/C28H30ClN3O4S/c1-22-9-10-24(20-27(22)29)30-37(34,35)26-13-11-25(12-14-26)36-21-28(33)32-18-16-31(17-19-32)15-5-8-23-6-3-2-4-7-23/h2-14,20,30H,15-19,21H2,1H3/b8-5+. The summed E-state index contributed by atoms with van der Waals surface area (Å²) in [6, 6.07) is 21.1. The zero-order valence-corrected chi connectivity index (χ0v) is 22.2. The Hall–Kier alpha value is -3.33. The lowest BCUT2D eigenvalue weighted by atomic mass is 10.2. The highest BCUT2D eigenvalue weighted by atomic mass is 35.5. The number of carbonyl (C=O) groups excluding carboxylic acids is 1. The summed E-state index contributed by atoms with van der Waals surface area (Å²) in [5.41, 5.74) is 2.42. The van der Waals surface area contributed by atoms with E-state index in [2.05, 4.69) is 33.9 Å². The maximum absolute atomic E-state index is 12.7. The summed E-state index contributed by atoms with van der Waals surface area (Å²) in [5, 5.41) is 0.481. The van der Waals surface area contributed by atoms with Crippen LogP contribution in [0.3, 0.4) is 0 Å². The van der Waals surface area contributed by atoms with Gasteiger partial charge in [0.15, 0.2) is 6.61 Å². The lowest BCUT2D eigenvalue weighted by Crippen LogP contribution is -2.49. The molecule has 1 heterocycles. The molecule has 1 aliphatic rings. The molecule has 3 aromatic carbocycles. The number of anilines is 1. The van der Waals surface area contributed by atoms with Gasteiger partial charge in [0.1, 0.15) is 5.75 Å². The number of hydrogen-bond donors (Lipinski definition) is 1. The van der Waals surface area contributed by atoms with E-state index in [0.717, 1.165) is 25.2 Å². The van der Waals surface area contributed by atoms with Gasteiger partial charge in [0.25, 0.3) is 15.9 Å². The molecule has 1 fully saturated rings. The van der Waals surface area contributed by atoms with Gasteiger partial charge in [0.2, 0.25) is 0 Å². The maximum Gasteiger partial charge on any atom is 0.261 e. The van der Waals surface area contributed by atoms with Crippen molar-refractivity contribution >= 4 is 39.3 Å². The van der Waals surface area contributed by atoms with Gasteiger partial charge >= 0.3 is 0 Å².